The molecule has 0 aliphatic rings. The highest BCUT2D eigenvalue weighted by atomic mass is 35.5. The van der Waals surface area contributed by atoms with Crippen molar-refractivity contribution in [2.24, 2.45) is 4.99 Å². The van der Waals surface area contributed by atoms with E-state index < -0.39 is 12.1 Å². The van der Waals surface area contributed by atoms with Gasteiger partial charge in [-0.1, -0.05) is 23.2 Å². The number of hydrogen-bond donors (Lipinski definition) is 1. The van der Waals surface area contributed by atoms with Crippen LogP contribution in [0.1, 0.15) is 0 Å². The number of rotatable bonds is 4. The average Bonchev–Trinajstić information content (AvgIpc) is 2.57. The van der Waals surface area contributed by atoms with Gasteiger partial charge in [0.15, 0.2) is 0 Å². The number of hydrogen-bond acceptors (Lipinski definition) is 4. The molecule has 0 spiro atoms. The van der Waals surface area contributed by atoms with Crippen LogP contribution in [0.5, 0.6) is 5.75 Å². The van der Waals surface area contributed by atoms with Gasteiger partial charge >= 0.3 is 6.36 Å². The second-order valence-corrected chi connectivity index (χ2v) is 5.95. The van der Waals surface area contributed by atoms with E-state index in [4.69, 9.17) is 23.2 Å². The fourth-order valence-corrected chi connectivity index (χ4v) is 2.74. The molecule has 134 valence electrons. The van der Waals surface area contributed by atoms with E-state index in [1.165, 1.54) is 12.1 Å². The van der Waals surface area contributed by atoms with Gasteiger partial charge in [0, 0.05) is 11.1 Å². The summed E-state index contributed by atoms with van der Waals surface area (Å²) in [5.74, 6) is -0.0536. The minimum Gasteiger partial charge on any atom is -0.404 e. The van der Waals surface area contributed by atoms with Crippen molar-refractivity contribution in [1.29, 1.82) is 0 Å². The van der Waals surface area contributed by atoms with Gasteiger partial charge in [0.1, 0.15) is 11.6 Å². The summed E-state index contributed by atoms with van der Waals surface area (Å²) in [6.45, 7) is 3.50. The van der Waals surface area contributed by atoms with E-state index in [1.807, 2.05) is 0 Å². The Balaban J connectivity index is 1.90. The Kier molecular flexibility index (Phi) is 4.93. The lowest BCUT2D eigenvalue weighted by atomic mass is 10.2. The maximum Gasteiger partial charge on any atom is 0.573 e. The molecule has 0 atom stereocenters. The first-order valence-corrected chi connectivity index (χ1v) is 7.91. The van der Waals surface area contributed by atoms with Gasteiger partial charge in [0.2, 0.25) is 0 Å². The second kappa shape index (κ2) is 7.01. The summed E-state index contributed by atoms with van der Waals surface area (Å²) in [7, 11) is 0. The Morgan fingerprint density at radius 1 is 1.04 bits per heavy atom. The summed E-state index contributed by atoms with van der Waals surface area (Å²) in [5.41, 5.74) is 1.59. The van der Waals surface area contributed by atoms with Gasteiger partial charge < -0.3 is 10.1 Å². The lowest BCUT2D eigenvalue weighted by molar-refractivity contribution is -0.274. The molecule has 0 radical (unpaired) electrons. The van der Waals surface area contributed by atoms with Gasteiger partial charge in [-0.15, -0.1) is 13.2 Å². The van der Waals surface area contributed by atoms with Gasteiger partial charge in [-0.2, -0.15) is 0 Å². The third kappa shape index (κ3) is 4.00. The molecule has 4 nitrogen and oxygen atoms in total. The molecule has 2 aromatic carbocycles. The number of anilines is 2. The summed E-state index contributed by atoms with van der Waals surface area (Å²) in [5, 5.41) is 3.92. The van der Waals surface area contributed by atoms with Crippen LogP contribution in [-0.2, 0) is 0 Å². The Morgan fingerprint density at radius 2 is 1.81 bits per heavy atom. The first-order chi connectivity index (χ1) is 12.3. The number of nitrogens with one attached hydrogen (secondary N) is 1. The van der Waals surface area contributed by atoms with Crippen LogP contribution in [0.2, 0.25) is 10.0 Å². The van der Waals surface area contributed by atoms with E-state index >= 15 is 0 Å². The summed E-state index contributed by atoms with van der Waals surface area (Å²) < 4.78 is 40.7. The quantitative estimate of drug-likeness (QED) is 0.508. The highest BCUT2D eigenvalue weighted by molar-refractivity contribution is 6.35. The van der Waals surface area contributed by atoms with Crippen LogP contribution in [-0.4, -0.2) is 18.1 Å². The molecule has 0 amide bonds. The average molecular weight is 400 g/mol. The Hall–Kier alpha value is -2.51. The van der Waals surface area contributed by atoms with Gasteiger partial charge in [-0.25, -0.2) is 4.98 Å². The minimum absolute atomic E-state index is 0.190. The van der Waals surface area contributed by atoms with Crippen molar-refractivity contribution in [3.05, 3.63) is 52.5 Å². The monoisotopic (exact) mass is 399 g/mol. The first-order valence-electron chi connectivity index (χ1n) is 7.15. The van der Waals surface area contributed by atoms with Gasteiger partial charge in [-0.3, -0.25) is 4.99 Å². The third-order valence-electron chi connectivity index (χ3n) is 3.39. The van der Waals surface area contributed by atoms with Gasteiger partial charge in [0.05, 0.1) is 21.2 Å². The molecule has 0 saturated carbocycles. The van der Waals surface area contributed by atoms with Crippen molar-refractivity contribution in [3.8, 4) is 5.75 Å². The van der Waals surface area contributed by atoms with Crippen molar-refractivity contribution in [2.75, 3.05) is 5.32 Å². The Bertz CT molecular complexity index is 993. The molecule has 0 saturated heterocycles. The summed E-state index contributed by atoms with van der Waals surface area (Å²) in [6, 6.07) is 10.6. The predicted molar refractivity (Wildman–Crippen MR) is 97.4 cm³/mol. The van der Waals surface area contributed by atoms with Crippen LogP contribution < -0.4 is 10.1 Å². The van der Waals surface area contributed by atoms with E-state index in [-0.39, 0.29) is 5.02 Å². The van der Waals surface area contributed by atoms with E-state index in [0.717, 1.165) is 11.5 Å². The molecule has 0 unspecified atom stereocenters. The molecule has 0 fully saturated rings. The fourth-order valence-electron chi connectivity index (χ4n) is 2.31. The number of aliphatic imine (C=N–C) groups is 1. The SMILES string of the molecule is C=Nc1ccc(Cl)c2nc(Nc3ccc(OC(F)(F)F)c(Cl)c3)ccc12. The third-order valence-corrected chi connectivity index (χ3v) is 3.99. The molecule has 0 bridgehead atoms. The van der Waals surface area contributed by atoms with Crippen molar-refractivity contribution in [1.82, 2.24) is 4.98 Å². The number of nitrogens with zero attached hydrogens (tertiary/aromatic N) is 2. The highest BCUT2D eigenvalue weighted by Gasteiger charge is 2.32. The molecule has 26 heavy (non-hydrogen) atoms. The van der Waals surface area contributed by atoms with Crippen molar-refractivity contribution in [2.45, 2.75) is 6.36 Å². The smallest absolute Gasteiger partial charge is 0.404 e. The molecular weight excluding hydrogens is 390 g/mol. The Labute approximate surface area is 156 Å². The van der Waals surface area contributed by atoms with Crippen LogP contribution in [0.15, 0.2) is 47.5 Å². The first kappa shape index (κ1) is 18.3. The number of halogens is 5. The zero-order valence-electron chi connectivity index (χ0n) is 12.9. The molecular formula is C17H10Cl2F3N3O. The van der Waals surface area contributed by atoms with Crippen LogP contribution in [0.25, 0.3) is 10.9 Å². The molecule has 1 aromatic heterocycles. The predicted octanol–water partition coefficient (Wildman–Crippen LogP) is 6.52. The molecule has 0 aliphatic heterocycles. The molecule has 0 aliphatic carbocycles. The van der Waals surface area contributed by atoms with E-state index in [1.54, 1.807) is 24.3 Å². The standard InChI is InChI=1S/C17H10Cl2F3N3O/c1-23-13-5-4-11(18)16-10(13)3-7-15(25-16)24-9-2-6-14(12(19)8-9)26-17(20,21)22/h2-8H,1H2,(H,24,25). The number of benzene rings is 2. The number of alkyl halides is 3. The lowest BCUT2D eigenvalue weighted by Gasteiger charge is -2.12. The highest BCUT2D eigenvalue weighted by Crippen LogP contribution is 2.34. The summed E-state index contributed by atoms with van der Waals surface area (Å²) in [4.78, 5) is 8.32. The van der Waals surface area contributed by atoms with Gasteiger partial charge in [-0.05, 0) is 49.2 Å². The Morgan fingerprint density at radius 3 is 2.46 bits per heavy atom. The normalized spacial score (nSPS) is 11.4. The maximum atomic E-state index is 12.3. The van der Waals surface area contributed by atoms with Crippen LogP contribution in [0.4, 0.5) is 30.4 Å². The zero-order chi connectivity index (χ0) is 18.9. The van der Waals surface area contributed by atoms with Crippen LogP contribution in [0, 0.1) is 0 Å². The molecule has 3 rings (SSSR count). The van der Waals surface area contributed by atoms with E-state index in [9.17, 15) is 13.2 Å². The largest absolute Gasteiger partial charge is 0.573 e. The lowest BCUT2D eigenvalue weighted by Crippen LogP contribution is -2.17. The van der Waals surface area contributed by atoms with Crippen molar-refractivity contribution >= 4 is 58.0 Å². The molecule has 3 aromatic rings. The fraction of sp³-hybridized carbons (Fsp3) is 0.0588. The number of aromatic nitrogens is 1. The molecule has 9 heteroatoms. The van der Waals surface area contributed by atoms with Crippen LogP contribution in [0.3, 0.4) is 0 Å². The minimum atomic E-state index is -4.81. The number of fused-ring (bicyclic) bond motifs is 1. The topological polar surface area (TPSA) is 46.5 Å². The van der Waals surface area contributed by atoms with Crippen molar-refractivity contribution < 1.29 is 17.9 Å². The summed E-state index contributed by atoms with van der Waals surface area (Å²) in [6.07, 6.45) is -4.81. The maximum absolute atomic E-state index is 12.3. The second-order valence-electron chi connectivity index (χ2n) is 5.14. The molecule has 1 N–H and O–H groups in total. The number of ether oxygens (including phenoxy) is 1. The zero-order valence-corrected chi connectivity index (χ0v) is 14.5. The summed E-state index contributed by atoms with van der Waals surface area (Å²) >= 11 is 12.0. The number of pyridine rings is 1. The van der Waals surface area contributed by atoms with Gasteiger partial charge in [0.25, 0.3) is 0 Å². The van der Waals surface area contributed by atoms with Crippen LogP contribution >= 0.6 is 23.2 Å². The van der Waals surface area contributed by atoms with E-state index in [0.29, 0.717) is 27.7 Å². The molecule has 1 heterocycles. The van der Waals surface area contributed by atoms with E-state index in [2.05, 4.69) is 26.7 Å². The van der Waals surface area contributed by atoms with Crippen molar-refractivity contribution in [3.63, 3.8) is 0 Å².